The normalized spacial score (nSPS) is 21.6. The van der Waals surface area contributed by atoms with Crippen molar-refractivity contribution in [2.45, 2.75) is 31.2 Å². The van der Waals surface area contributed by atoms with E-state index >= 15 is 0 Å². The van der Waals surface area contributed by atoms with Crippen molar-refractivity contribution in [1.29, 1.82) is 0 Å². The number of carbonyl (C=O) groups is 1. The summed E-state index contributed by atoms with van der Waals surface area (Å²) >= 11 is 0. The maximum atomic E-state index is 11.6. The predicted octanol–water partition coefficient (Wildman–Crippen LogP) is 1.53. The summed E-state index contributed by atoms with van der Waals surface area (Å²) in [7, 11) is 0. The number of hydrogen-bond donors (Lipinski definition) is 1. The third-order valence-electron chi connectivity index (χ3n) is 1.86. The highest BCUT2D eigenvalue weighted by molar-refractivity contribution is 5.78. The van der Waals surface area contributed by atoms with Crippen LogP contribution >= 0.6 is 0 Å². The Bertz CT molecular complexity index is 195. The summed E-state index contributed by atoms with van der Waals surface area (Å²) in [6, 6.07) is 0. The van der Waals surface area contributed by atoms with E-state index in [9.17, 15) is 18.0 Å². The fraction of sp³-hybridized carbons (Fsp3) is 0.833. The summed E-state index contributed by atoms with van der Waals surface area (Å²) in [5.74, 6) is -1.54. The fourth-order valence-corrected chi connectivity index (χ4v) is 1.08. The molecule has 3 nitrogen and oxygen atoms in total. The van der Waals surface area contributed by atoms with Crippen molar-refractivity contribution >= 4 is 5.97 Å². The van der Waals surface area contributed by atoms with Crippen molar-refractivity contribution in [3.63, 3.8) is 0 Å². The van der Waals surface area contributed by atoms with Gasteiger partial charge in [0.2, 0.25) is 0 Å². The average Bonchev–Trinajstić information content (AvgIpc) is 1.75. The van der Waals surface area contributed by atoms with E-state index in [-0.39, 0.29) is 12.8 Å². The summed E-state index contributed by atoms with van der Waals surface area (Å²) in [6.07, 6.45) is -4.54. The molecule has 12 heavy (non-hydrogen) atoms. The number of ether oxygens (including phenoxy) is 1. The van der Waals surface area contributed by atoms with Crippen molar-refractivity contribution in [3.05, 3.63) is 0 Å². The van der Waals surface area contributed by atoms with Crippen LogP contribution in [0.25, 0.3) is 0 Å². The Hall–Kier alpha value is -0.780. The molecule has 0 saturated heterocycles. The molecule has 0 amide bonds. The number of rotatable bonds is 2. The highest BCUT2D eigenvalue weighted by Gasteiger charge is 2.53. The zero-order valence-electron chi connectivity index (χ0n) is 6.02. The van der Waals surface area contributed by atoms with Gasteiger partial charge < -0.3 is 5.11 Å². The fourth-order valence-electron chi connectivity index (χ4n) is 1.08. The lowest BCUT2D eigenvalue weighted by Crippen LogP contribution is -2.50. The Labute approximate surface area is 66.1 Å². The second kappa shape index (κ2) is 2.62. The summed E-state index contributed by atoms with van der Waals surface area (Å²) < 4.78 is 38.5. The van der Waals surface area contributed by atoms with Gasteiger partial charge in [0.25, 0.3) is 0 Å². The maximum absolute atomic E-state index is 11.6. The minimum Gasteiger partial charge on any atom is -0.479 e. The van der Waals surface area contributed by atoms with Gasteiger partial charge in [-0.2, -0.15) is 0 Å². The lowest BCUT2D eigenvalue weighted by molar-refractivity contribution is -0.372. The monoisotopic (exact) mass is 184 g/mol. The molecular weight excluding hydrogens is 177 g/mol. The summed E-state index contributed by atoms with van der Waals surface area (Å²) in [5, 5.41) is 8.42. The minimum atomic E-state index is -4.86. The molecule has 0 aromatic heterocycles. The van der Waals surface area contributed by atoms with Crippen LogP contribution in [0.15, 0.2) is 0 Å². The number of halogens is 3. The average molecular weight is 184 g/mol. The number of carboxylic acids is 1. The second-order valence-electron chi connectivity index (χ2n) is 2.70. The van der Waals surface area contributed by atoms with Gasteiger partial charge in [-0.1, -0.05) is 0 Å². The summed E-state index contributed by atoms with van der Waals surface area (Å²) in [6.45, 7) is 0. The first kappa shape index (κ1) is 9.31. The van der Waals surface area contributed by atoms with Gasteiger partial charge in [-0.05, 0) is 19.3 Å². The molecule has 0 unspecified atom stereocenters. The highest BCUT2D eigenvalue weighted by Crippen LogP contribution is 2.40. The number of carboxylic acid groups (broad SMARTS) is 1. The number of alkyl halides is 3. The van der Waals surface area contributed by atoms with Gasteiger partial charge in [0.1, 0.15) is 0 Å². The molecule has 0 heterocycles. The molecule has 1 N–H and O–H groups in total. The van der Waals surface area contributed by atoms with Crippen LogP contribution in [0.4, 0.5) is 13.2 Å². The van der Waals surface area contributed by atoms with Crippen LogP contribution in [0.2, 0.25) is 0 Å². The number of hydrogen-bond acceptors (Lipinski definition) is 2. The predicted molar refractivity (Wildman–Crippen MR) is 31.4 cm³/mol. The molecular formula is C6H7F3O3. The van der Waals surface area contributed by atoms with E-state index in [1.807, 2.05) is 0 Å². The quantitative estimate of drug-likeness (QED) is 0.707. The van der Waals surface area contributed by atoms with Gasteiger partial charge in [-0.15, -0.1) is 13.2 Å². The molecule has 1 aliphatic carbocycles. The lowest BCUT2D eigenvalue weighted by Gasteiger charge is -2.37. The first-order valence-electron chi connectivity index (χ1n) is 3.36. The first-order valence-corrected chi connectivity index (χ1v) is 3.36. The van der Waals surface area contributed by atoms with E-state index in [1.54, 1.807) is 0 Å². The molecule has 70 valence electrons. The molecule has 0 aliphatic heterocycles. The van der Waals surface area contributed by atoms with Gasteiger partial charge in [-0.3, -0.25) is 4.74 Å². The SMILES string of the molecule is O=C(O)C1(OC(F)(F)F)CCC1. The molecule has 6 heteroatoms. The van der Waals surface area contributed by atoms with E-state index in [1.165, 1.54) is 0 Å². The molecule has 0 aromatic carbocycles. The van der Waals surface area contributed by atoms with Crippen molar-refractivity contribution in [2.75, 3.05) is 0 Å². The zero-order valence-corrected chi connectivity index (χ0v) is 6.02. The van der Waals surface area contributed by atoms with Crippen molar-refractivity contribution < 1.29 is 27.8 Å². The van der Waals surface area contributed by atoms with Crippen LogP contribution in [0.3, 0.4) is 0 Å². The second-order valence-corrected chi connectivity index (χ2v) is 2.70. The Balaban J connectivity index is 2.63. The van der Waals surface area contributed by atoms with Crippen molar-refractivity contribution in [1.82, 2.24) is 0 Å². The Morgan fingerprint density at radius 2 is 1.92 bits per heavy atom. The molecule has 1 aliphatic rings. The molecule has 1 rings (SSSR count). The van der Waals surface area contributed by atoms with E-state index in [0.29, 0.717) is 6.42 Å². The van der Waals surface area contributed by atoms with Crippen LogP contribution in [0.5, 0.6) is 0 Å². The van der Waals surface area contributed by atoms with E-state index in [0.717, 1.165) is 0 Å². The van der Waals surface area contributed by atoms with Crippen LogP contribution in [0.1, 0.15) is 19.3 Å². The Morgan fingerprint density at radius 1 is 1.42 bits per heavy atom. The molecule has 1 fully saturated rings. The third-order valence-corrected chi connectivity index (χ3v) is 1.86. The van der Waals surface area contributed by atoms with Crippen LogP contribution in [0, 0.1) is 0 Å². The van der Waals surface area contributed by atoms with Gasteiger partial charge in [0, 0.05) is 0 Å². The van der Waals surface area contributed by atoms with E-state index in [4.69, 9.17) is 5.11 Å². The first-order chi connectivity index (χ1) is 5.36. The third kappa shape index (κ3) is 1.69. The van der Waals surface area contributed by atoms with Gasteiger partial charge in [0.15, 0.2) is 5.60 Å². The maximum Gasteiger partial charge on any atom is 0.523 e. The summed E-state index contributed by atoms with van der Waals surface area (Å²) in [5.41, 5.74) is -2.00. The van der Waals surface area contributed by atoms with Gasteiger partial charge in [0.05, 0.1) is 0 Å². The minimum absolute atomic E-state index is 0.0676. The smallest absolute Gasteiger partial charge is 0.479 e. The van der Waals surface area contributed by atoms with Crippen LogP contribution in [-0.2, 0) is 9.53 Å². The standard InChI is InChI=1S/C6H7F3O3/c7-6(8,9)12-5(4(10)11)2-1-3-5/h1-3H2,(H,10,11). The Morgan fingerprint density at radius 3 is 2.00 bits per heavy atom. The molecule has 0 atom stereocenters. The van der Waals surface area contributed by atoms with Crippen LogP contribution < -0.4 is 0 Å². The van der Waals surface area contributed by atoms with Crippen LogP contribution in [-0.4, -0.2) is 23.0 Å². The molecule has 0 bridgehead atoms. The van der Waals surface area contributed by atoms with E-state index < -0.39 is 17.9 Å². The summed E-state index contributed by atoms with van der Waals surface area (Å²) in [4.78, 5) is 10.4. The molecule has 0 aromatic rings. The van der Waals surface area contributed by atoms with Crippen molar-refractivity contribution in [2.24, 2.45) is 0 Å². The van der Waals surface area contributed by atoms with Gasteiger partial charge in [-0.25, -0.2) is 4.79 Å². The lowest BCUT2D eigenvalue weighted by atomic mass is 9.80. The largest absolute Gasteiger partial charge is 0.523 e. The molecule has 0 radical (unpaired) electrons. The topological polar surface area (TPSA) is 46.5 Å². The Kier molecular flexibility index (Phi) is 2.03. The zero-order chi connectivity index (χ0) is 9.41. The number of aliphatic carboxylic acids is 1. The molecule has 1 saturated carbocycles. The van der Waals surface area contributed by atoms with Crippen molar-refractivity contribution in [3.8, 4) is 0 Å². The van der Waals surface area contributed by atoms with E-state index in [2.05, 4.69) is 4.74 Å². The van der Waals surface area contributed by atoms with Gasteiger partial charge >= 0.3 is 12.3 Å². The highest BCUT2D eigenvalue weighted by atomic mass is 19.4. The molecule has 0 spiro atoms.